The zero-order valence-corrected chi connectivity index (χ0v) is 5.47. The number of alkyl halides is 1. The van der Waals surface area contributed by atoms with Crippen molar-refractivity contribution >= 4 is 29.6 Å². The molecule has 7 heavy (non-hydrogen) atoms. The van der Waals surface area contributed by atoms with Gasteiger partial charge in [0.1, 0.15) is 6.29 Å². The van der Waals surface area contributed by atoms with Crippen LogP contribution in [0.25, 0.3) is 0 Å². The van der Waals surface area contributed by atoms with Crippen LogP contribution in [0.15, 0.2) is 0 Å². The van der Waals surface area contributed by atoms with Gasteiger partial charge in [-0.3, -0.25) is 0 Å². The van der Waals surface area contributed by atoms with Gasteiger partial charge in [-0.2, -0.15) is 11.8 Å². The van der Waals surface area contributed by atoms with Crippen LogP contribution in [0, 0.1) is 0 Å². The number of aldehydes is 1. The Morgan fingerprint density at radius 2 is 2.43 bits per heavy atom. The smallest absolute Gasteiger partial charge is 0.129 e. The van der Waals surface area contributed by atoms with E-state index in [1.165, 1.54) is 0 Å². The summed E-state index contributed by atoms with van der Waals surface area (Å²) in [4.78, 5) is 9.62. The number of rotatable bonds is 4. The van der Waals surface area contributed by atoms with E-state index >= 15 is 0 Å². The van der Waals surface area contributed by atoms with Gasteiger partial charge in [-0.1, -0.05) is 0 Å². The molecule has 3 heteroatoms. The lowest BCUT2D eigenvalue weighted by Gasteiger charge is -1.85. The minimum absolute atomic E-state index is 0.576. The van der Waals surface area contributed by atoms with Crippen molar-refractivity contribution in [2.75, 3.05) is 17.4 Å². The molecule has 0 aromatic carbocycles. The van der Waals surface area contributed by atoms with Gasteiger partial charge in [0.25, 0.3) is 0 Å². The van der Waals surface area contributed by atoms with E-state index in [4.69, 9.17) is 11.6 Å². The Labute approximate surface area is 52.4 Å². The van der Waals surface area contributed by atoms with Gasteiger partial charge in [0, 0.05) is 17.4 Å². The summed E-state index contributed by atoms with van der Waals surface area (Å²) in [5.74, 6) is 2.09. The number of thioether (sulfide) groups is 1. The lowest BCUT2D eigenvalue weighted by molar-refractivity contribution is -0.105. The average Bonchev–Trinajstić information content (AvgIpc) is 1.69. The molecule has 0 aliphatic heterocycles. The molecule has 1 nitrogen and oxygen atoms in total. The molecule has 0 heterocycles. The molecule has 0 atom stereocenters. The normalized spacial score (nSPS) is 8.71. The molecular weight excluding hydrogens is 132 g/mol. The molecule has 0 spiro atoms. The number of halogens is 1. The van der Waals surface area contributed by atoms with Gasteiger partial charge >= 0.3 is 0 Å². The van der Waals surface area contributed by atoms with Crippen LogP contribution in [-0.4, -0.2) is 23.7 Å². The van der Waals surface area contributed by atoms with E-state index in [9.17, 15) is 4.79 Å². The van der Waals surface area contributed by atoms with Gasteiger partial charge in [-0.15, -0.1) is 11.6 Å². The van der Waals surface area contributed by atoms with Crippen LogP contribution in [0.3, 0.4) is 0 Å². The van der Waals surface area contributed by atoms with Crippen molar-refractivity contribution in [1.29, 1.82) is 0 Å². The fourth-order valence-corrected chi connectivity index (χ4v) is 0.885. The lowest BCUT2D eigenvalue weighted by Crippen LogP contribution is -1.82. The molecule has 0 fully saturated rings. The number of hydrogen-bond donors (Lipinski definition) is 0. The quantitative estimate of drug-likeness (QED) is 0.330. The lowest BCUT2D eigenvalue weighted by atomic mass is 10.9. The Hall–Kier alpha value is 0.310. The van der Waals surface area contributed by atoms with Crippen LogP contribution in [0.4, 0.5) is 0 Å². The van der Waals surface area contributed by atoms with E-state index in [1.54, 1.807) is 11.8 Å². The number of carbonyl (C=O) groups excluding carboxylic acids is 1. The highest BCUT2D eigenvalue weighted by Gasteiger charge is 1.80. The summed E-state index contributed by atoms with van der Waals surface area (Å²) in [5.41, 5.74) is 0. The topological polar surface area (TPSA) is 17.1 Å². The summed E-state index contributed by atoms with van der Waals surface area (Å²) in [6, 6.07) is 0. The monoisotopic (exact) mass is 138 g/mol. The minimum Gasteiger partial charge on any atom is -0.302 e. The van der Waals surface area contributed by atoms with E-state index in [0.29, 0.717) is 11.6 Å². The van der Waals surface area contributed by atoms with E-state index in [-0.39, 0.29) is 0 Å². The molecule has 0 bridgehead atoms. The van der Waals surface area contributed by atoms with Gasteiger partial charge < -0.3 is 4.79 Å². The predicted octanol–water partition coefficient (Wildman–Crippen LogP) is 1.16. The Morgan fingerprint density at radius 3 is 2.86 bits per heavy atom. The highest BCUT2D eigenvalue weighted by Crippen LogP contribution is 1.96. The highest BCUT2D eigenvalue weighted by molar-refractivity contribution is 7.99. The van der Waals surface area contributed by atoms with E-state index in [1.807, 2.05) is 0 Å². The summed E-state index contributed by atoms with van der Waals surface area (Å²) in [6.45, 7) is 0. The standard InChI is InChI=1S/C4H7ClOS/c5-1-3-7-4-2-6/h2H,1,3-4H2. The minimum atomic E-state index is 0.576. The van der Waals surface area contributed by atoms with Crippen molar-refractivity contribution in [3.8, 4) is 0 Å². The zero-order chi connectivity index (χ0) is 5.54. The van der Waals surface area contributed by atoms with Crippen molar-refractivity contribution in [1.82, 2.24) is 0 Å². The van der Waals surface area contributed by atoms with Crippen molar-refractivity contribution < 1.29 is 4.79 Å². The van der Waals surface area contributed by atoms with Crippen LogP contribution in [-0.2, 0) is 4.79 Å². The first kappa shape index (κ1) is 7.31. The van der Waals surface area contributed by atoms with Crippen LogP contribution in [0.5, 0.6) is 0 Å². The van der Waals surface area contributed by atoms with E-state index < -0.39 is 0 Å². The molecule has 0 aromatic rings. The molecule has 0 saturated carbocycles. The van der Waals surface area contributed by atoms with E-state index in [2.05, 4.69) is 0 Å². The van der Waals surface area contributed by atoms with Crippen LogP contribution >= 0.6 is 23.4 Å². The second-order valence-electron chi connectivity index (χ2n) is 0.931. The predicted molar refractivity (Wildman–Crippen MR) is 34.1 cm³/mol. The van der Waals surface area contributed by atoms with Crippen LogP contribution < -0.4 is 0 Å². The van der Waals surface area contributed by atoms with Crippen molar-refractivity contribution in [2.24, 2.45) is 0 Å². The molecule has 0 aliphatic carbocycles. The molecular formula is C4H7ClOS. The third-order valence-electron chi connectivity index (χ3n) is 0.407. The molecule has 0 aliphatic rings. The van der Waals surface area contributed by atoms with Crippen molar-refractivity contribution in [3.63, 3.8) is 0 Å². The van der Waals surface area contributed by atoms with Gasteiger partial charge in [-0.25, -0.2) is 0 Å². The summed E-state index contributed by atoms with van der Waals surface area (Å²) < 4.78 is 0. The molecule has 0 unspecified atom stereocenters. The highest BCUT2D eigenvalue weighted by atomic mass is 35.5. The Bertz CT molecular complexity index is 49.0. The van der Waals surface area contributed by atoms with Gasteiger partial charge in [0.05, 0.1) is 0 Å². The first-order valence-electron chi connectivity index (χ1n) is 1.99. The van der Waals surface area contributed by atoms with Gasteiger partial charge in [-0.05, 0) is 0 Å². The molecule has 0 amide bonds. The number of hydrogen-bond acceptors (Lipinski definition) is 2. The molecule has 0 radical (unpaired) electrons. The largest absolute Gasteiger partial charge is 0.302 e. The fraction of sp³-hybridized carbons (Fsp3) is 0.750. The maximum absolute atomic E-state index is 9.62. The molecule has 42 valence electrons. The van der Waals surface area contributed by atoms with Gasteiger partial charge in [0.15, 0.2) is 0 Å². The van der Waals surface area contributed by atoms with Crippen LogP contribution in [0.2, 0.25) is 0 Å². The number of carbonyl (C=O) groups is 1. The fourth-order valence-electron chi connectivity index (χ4n) is 0.186. The van der Waals surface area contributed by atoms with Gasteiger partial charge in [0.2, 0.25) is 0 Å². The van der Waals surface area contributed by atoms with Crippen molar-refractivity contribution in [3.05, 3.63) is 0 Å². The third kappa shape index (κ3) is 6.31. The second kappa shape index (κ2) is 6.31. The summed E-state index contributed by atoms with van der Waals surface area (Å²) in [7, 11) is 0. The maximum Gasteiger partial charge on any atom is 0.129 e. The van der Waals surface area contributed by atoms with Crippen LogP contribution in [0.1, 0.15) is 0 Å². The summed E-state index contributed by atoms with van der Waals surface area (Å²) >= 11 is 6.85. The first-order valence-corrected chi connectivity index (χ1v) is 3.68. The Balaban J connectivity index is 2.56. The molecule has 0 saturated heterocycles. The first-order chi connectivity index (χ1) is 3.41. The summed E-state index contributed by atoms with van der Waals surface area (Å²) in [5, 5.41) is 0. The van der Waals surface area contributed by atoms with Crippen molar-refractivity contribution in [2.45, 2.75) is 0 Å². The summed E-state index contributed by atoms with van der Waals surface area (Å²) in [6.07, 6.45) is 0.886. The third-order valence-corrected chi connectivity index (χ3v) is 1.69. The molecule has 0 N–H and O–H groups in total. The SMILES string of the molecule is O=CCSCCCl. The second-order valence-corrected chi connectivity index (χ2v) is 2.46. The molecule has 0 aromatic heterocycles. The average molecular weight is 139 g/mol. The van der Waals surface area contributed by atoms with E-state index in [0.717, 1.165) is 12.0 Å². The Morgan fingerprint density at radius 1 is 1.71 bits per heavy atom. The molecule has 0 rings (SSSR count). The zero-order valence-electron chi connectivity index (χ0n) is 3.89. The Kier molecular flexibility index (Phi) is 6.59. The maximum atomic E-state index is 9.62.